The minimum Gasteiger partial charge on any atom is -0.492 e. The highest BCUT2D eigenvalue weighted by atomic mass is 32.1. The highest BCUT2D eigenvalue weighted by Crippen LogP contribution is 2.43. The summed E-state index contributed by atoms with van der Waals surface area (Å²) >= 11 is 0.847. The number of rotatable bonds is 5. The van der Waals surface area contributed by atoms with Crippen molar-refractivity contribution in [2.24, 2.45) is 0 Å². The van der Waals surface area contributed by atoms with Crippen LogP contribution >= 0.6 is 11.3 Å². The number of halogens is 4. The van der Waals surface area contributed by atoms with Crippen LogP contribution in [-0.4, -0.2) is 11.6 Å². The molecule has 0 aliphatic rings. The lowest BCUT2D eigenvalue weighted by atomic mass is 10.1. The van der Waals surface area contributed by atoms with Gasteiger partial charge in [-0.2, -0.15) is 13.2 Å². The summed E-state index contributed by atoms with van der Waals surface area (Å²) in [6.45, 7) is 2.24. The molecular formula is C18H14F4N2OS. The first-order valence-corrected chi connectivity index (χ1v) is 8.53. The van der Waals surface area contributed by atoms with Gasteiger partial charge in [0.2, 0.25) is 0 Å². The van der Waals surface area contributed by atoms with E-state index in [4.69, 9.17) is 4.74 Å². The summed E-state index contributed by atoms with van der Waals surface area (Å²) in [6.07, 6.45) is -4.63. The van der Waals surface area contributed by atoms with Gasteiger partial charge in [0.1, 0.15) is 11.6 Å². The van der Waals surface area contributed by atoms with Gasteiger partial charge in [0.25, 0.3) is 0 Å². The van der Waals surface area contributed by atoms with Gasteiger partial charge >= 0.3 is 6.18 Å². The lowest BCUT2D eigenvalue weighted by Gasteiger charge is -2.10. The molecule has 2 aromatic carbocycles. The van der Waals surface area contributed by atoms with Crippen molar-refractivity contribution >= 4 is 22.2 Å². The van der Waals surface area contributed by atoms with E-state index in [2.05, 4.69) is 10.3 Å². The molecule has 0 saturated carbocycles. The number of aromatic nitrogens is 1. The van der Waals surface area contributed by atoms with Gasteiger partial charge in [-0.25, -0.2) is 9.37 Å². The first kappa shape index (κ1) is 18.2. The molecule has 0 unspecified atom stereocenters. The van der Waals surface area contributed by atoms with E-state index >= 15 is 0 Å². The standard InChI is InChI=1S/C18H14F4N2OS/c1-2-25-14-6-4-3-5-13(14)23-17-24-16(18(20,21)22)15(26-17)11-7-9-12(19)10-8-11/h3-10H,2H2,1H3,(H,23,24). The summed E-state index contributed by atoms with van der Waals surface area (Å²) in [7, 11) is 0. The van der Waals surface area contributed by atoms with Crippen LogP contribution in [0.25, 0.3) is 10.4 Å². The third kappa shape index (κ3) is 3.96. The quantitative estimate of drug-likeness (QED) is 0.541. The molecule has 0 radical (unpaired) electrons. The third-order valence-electron chi connectivity index (χ3n) is 3.43. The molecule has 0 fully saturated rings. The summed E-state index contributed by atoms with van der Waals surface area (Å²) in [5, 5.41) is 2.95. The summed E-state index contributed by atoms with van der Waals surface area (Å²) in [5.41, 5.74) is -0.240. The summed E-state index contributed by atoms with van der Waals surface area (Å²) in [4.78, 5) is 3.63. The minimum atomic E-state index is -4.63. The molecule has 26 heavy (non-hydrogen) atoms. The van der Waals surface area contributed by atoms with Crippen molar-refractivity contribution in [2.75, 3.05) is 11.9 Å². The van der Waals surface area contributed by atoms with Gasteiger partial charge < -0.3 is 10.1 Å². The van der Waals surface area contributed by atoms with Crippen molar-refractivity contribution in [3.63, 3.8) is 0 Å². The lowest BCUT2D eigenvalue weighted by molar-refractivity contribution is -0.140. The van der Waals surface area contributed by atoms with E-state index in [0.717, 1.165) is 23.5 Å². The van der Waals surface area contributed by atoms with Gasteiger partial charge in [-0.3, -0.25) is 0 Å². The highest BCUT2D eigenvalue weighted by molar-refractivity contribution is 7.19. The first-order chi connectivity index (χ1) is 12.4. The fourth-order valence-corrected chi connectivity index (χ4v) is 3.33. The molecule has 1 heterocycles. The van der Waals surface area contributed by atoms with Crippen LogP contribution in [0.5, 0.6) is 5.75 Å². The number of thiazole rings is 1. The Morgan fingerprint density at radius 3 is 2.42 bits per heavy atom. The molecular weight excluding hydrogens is 368 g/mol. The van der Waals surface area contributed by atoms with Gasteiger partial charge in [-0.1, -0.05) is 35.6 Å². The fourth-order valence-electron chi connectivity index (χ4n) is 2.33. The van der Waals surface area contributed by atoms with Crippen molar-refractivity contribution in [3.05, 3.63) is 60.0 Å². The Balaban J connectivity index is 2.01. The van der Waals surface area contributed by atoms with Crippen molar-refractivity contribution in [1.82, 2.24) is 4.98 Å². The van der Waals surface area contributed by atoms with E-state index < -0.39 is 17.7 Å². The topological polar surface area (TPSA) is 34.1 Å². The second kappa shape index (κ2) is 7.33. The van der Waals surface area contributed by atoms with Gasteiger partial charge in [0.05, 0.1) is 17.2 Å². The normalized spacial score (nSPS) is 11.4. The summed E-state index contributed by atoms with van der Waals surface area (Å²) < 4.78 is 58.7. The van der Waals surface area contributed by atoms with Crippen LogP contribution in [0.4, 0.5) is 28.4 Å². The van der Waals surface area contributed by atoms with Crippen molar-refractivity contribution < 1.29 is 22.3 Å². The fraction of sp³-hybridized carbons (Fsp3) is 0.167. The zero-order chi connectivity index (χ0) is 18.7. The number of anilines is 2. The van der Waals surface area contributed by atoms with Crippen LogP contribution in [0.3, 0.4) is 0 Å². The lowest BCUT2D eigenvalue weighted by Crippen LogP contribution is -2.07. The zero-order valence-corrected chi connectivity index (χ0v) is 14.4. The van der Waals surface area contributed by atoms with Crippen LogP contribution in [0, 0.1) is 5.82 Å². The van der Waals surface area contributed by atoms with Crippen LogP contribution in [0.15, 0.2) is 48.5 Å². The molecule has 0 bridgehead atoms. The molecule has 0 amide bonds. The molecule has 8 heteroatoms. The largest absolute Gasteiger partial charge is 0.492 e. The Hall–Kier alpha value is -2.61. The highest BCUT2D eigenvalue weighted by Gasteiger charge is 2.38. The second-order valence-electron chi connectivity index (χ2n) is 5.26. The van der Waals surface area contributed by atoms with Gasteiger partial charge in [0.15, 0.2) is 10.8 Å². The molecule has 1 aromatic heterocycles. The number of alkyl halides is 3. The van der Waals surface area contributed by atoms with E-state index in [-0.39, 0.29) is 15.6 Å². The number of hydrogen-bond donors (Lipinski definition) is 1. The minimum absolute atomic E-state index is 0.0730. The molecule has 1 N–H and O–H groups in total. The number of benzene rings is 2. The Morgan fingerprint density at radius 1 is 1.08 bits per heavy atom. The Bertz CT molecular complexity index is 891. The molecule has 0 saturated heterocycles. The predicted octanol–water partition coefficient (Wildman–Crippen LogP) is 6.11. The van der Waals surface area contributed by atoms with Gasteiger partial charge in [0, 0.05) is 0 Å². The van der Waals surface area contributed by atoms with Crippen LogP contribution in [-0.2, 0) is 6.18 Å². The average Bonchev–Trinajstić information content (AvgIpc) is 3.02. The SMILES string of the molecule is CCOc1ccccc1Nc1nc(C(F)(F)F)c(-c2ccc(F)cc2)s1. The molecule has 0 aliphatic heterocycles. The van der Waals surface area contributed by atoms with E-state index in [0.29, 0.717) is 18.0 Å². The first-order valence-electron chi connectivity index (χ1n) is 7.71. The number of para-hydroxylation sites is 2. The van der Waals surface area contributed by atoms with Crippen molar-refractivity contribution in [2.45, 2.75) is 13.1 Å². The molecule has 3 rings (SSSR count). The maximum atomic E-state index is 13.4. The second-order valence-corrected chi connectivity index (χ2v) is 6.25. The maximum absolute atomic E-state index is 13.4. The number of ether oxygens (including phenoxy) is 1. The van der Waals surface area contributed by atoms with Crippen LogP contribution in [0.2, 0.25) is 0 Å². The summed E-state index contributed by atoms with van der Waals surface area (Å²) in [6, 6.07) is 11.8. The van der Waals surface area contributed by atoms with E-state index in [1.54, 1.807) is 24.3 Å². The van der Waals surface area contributed by atoms with Crippen molar-refractivity contribution in [3.8, 4) is 16.2 Å². The van der Waals surface area contributed by atoms with Gasteiger partial charge in [-0.05, 0) is 36.8 Å². The molecule has 3 nitrogen and oxygen atoms in total. The number of nitrogens with zero attached hydrogens (tertiary/aromatic N) is 1. The molecule has 136 valence electrons. The number of hydrogen-bond acceptors (Lipinski definition) is 4. The van der Waals surface area contributed by atoms with Crippen molar-refractivity contribution in [1.29, 1.82) is 0 Å². The van der Waals surface area contributed by atoms with E-state index in [1.165, 1.54) is 12.1 Å². The third-order valence-corrected chi connectivity index (χ3v) is 4.45. The monoisotopic (exact) mass is 382 g/mol. The molecule has 3 aromatic rings. The van der Waals surface area contributed by atoms with Gasteiger partial charge in [-0.15, -0.1) is 0 Å². The van der Waals surface area contributed by atoms with E-state index in [1.807, 2.05) is 6.92 Å². The maximum Gasteiger partial charge on any atom is 0.434 e. The van der Waals surface area contributed by atoms with Crippen LogP contribution < -0.4 is 10.1 Å². The molecule has 0 spiro atoms. The predicted molar refractivity (Wildman–Crippen MR) is 93.4 cm³/mol. The van der Waals surface area contributed by atoms with Crippen LogP contribution in [0.1, 0.15) is 12.6 Å². The Labute approximate surface area is 151 Å². The Morgan fingerprint density at radius 2 is 1.77 bits per heavy atom. The molecule has 0 aliphatic carbocycles. The average molecular weight is 382 g/mol. The smallest absolute Gasteiger partial charge is 0.434 e. The zero-order valence-electron chi connectivity index (χ0n) is 13.6. The molecule has 0 atom stereocenters. The van der Waals surface area contributed by atoms with E-state index in [9.17, 15) is 17.6 Å². The Kier molecular flexibility index (Phi) is 5.13. The summed E-state index contributed by atoms with van der Waals surface area (Å²) in [5.74, 6) is -0.00194. The number of nitrogens with one attached hydrogen (secondary N) is 1.